The summed E-state index contributed by atoms with van der Waals surface area (Å²) in [5.74, 6) is -181. The SMILES string of the molecule is O=P(OC(F)(F)C(F)(F)C(F)(F)C(F)(F)C(F)(F)C(F)(F)C(F)(F)C(F)(F)F)(OC(F)(F)C(F)(F)C(F)(F)C(F)(F)C(F)(F)C(F)(F)C(F)(F)C(F)(F)F)OC(F)(F)C(F)(F)C(F)(F)C(F)(F)C(F)(F)C(F)(F)C(F)(F)C(F)(F)F. The van der Waals surface area contributed by atoms with E-state index in [1.54, 1.807) is 0 Å². The van der Waals surface area contributed by atoms with E-state index in [2.05, 4.69) is 0 Å². The Balaban J connectivity index is 9.03. The Labute approximate surface area is 394 Å². The summed E-state index contributed by atoms with van der Waals surface area (Å²) in [6, 6.07) is 0. The summed E-state index contributed by atoms with van der Waals surface area (Å²) < 4.78 is 706. The number of hydrogen-bond donors (Lipinski definition) is 0. The van der Waals surface area contributed by atoms with E-state index in [4.69, 9.17) is 0 Å². The zero-order valence-corrected chi connectivity index (χ0v) is 34.3. The van der Waals surface area contributed by atoms with E-state index in [9.17, 15) is 228 Å². The van der Waals surface area contributed by atoms with Gasteiger partial charge in [0.15, 0.2) is 0 Å². The van der Waals surface area contributed by atoms with Crippen LogP contribution in [0.2, 0.25) is 0 Å². The second kappa shape index (κ2) is 18.8. The molecule has 0 bridgehead atoms. The molecule has 0 N–H and O–H groups in total. The maximum atomic E-state index is 14.4. The normalized spacial score (nSPS) is 17.4. The Bertz CT molecular complexity index is 2020. The molecule has 0 aliphatic heterocycles. The van der Waals surface area contributed by atoms with Crippen LogP contribution >= 0.6 is 7.82 Å². The smallest absolute Gasteiger partial charge is 0.227 e. The van der Waals surface area contributed by atoms with Gasteiger partial charge in [0.1, 0.15) is 0 Å². The van der Waals surface area contributed by atoms with Gasteiger partial charge in [0, 0.05) is 0 Å². The highest BCUT2D eigenvalue weighted by atomic mass is 31.2. The average Bonchev–Trinajstić information content (AvgIpc) is 3.17. The fourth-order valence-electron chi connectivity index (χ4n) is 4.10. The van der Waals surface area contributed by atoms with Crippen molar-refractivity contribution < 1.29 is 242 Å². The van der Waals surface area contributed by atoms with Crippen LogP contribution in [0.1, 0.15) is 0 Å². The molecule has 0 saturated carbocycles. The Morgan fingerprint density at radius 2 is 0.237 bits per heavy atom. The molecule has 0 radical (unpaired) electrons. The van der Waals surface area contributed by atoms with Crippen LogP contribution in [0.3, 0.4) is 0 Å². The van der Waals surface area contributed by atoms with Crippen molar-refractivity contribution in [2.45, 2.75) is 143 Å². The third kappa shape index (κ3) is 9.73. The van der Waals surface area contributed by atoms with E-state index in [1.165, 1.54) is 0 Å². The van der Waals surface area contributed by atoms with Crippen LogP contribution in [0.5, 0.6) is 0 Å². The molecule has 0 rings (SSSR count). The Hall–Kier alpha value is -3.46. The van der Waals surface area contributed by atoms with Crippen LogP contribution in [-0.2, 0) is 18.1 Å². The van der Waals surface area contributed by atoms with Gasteiger partial charge in [0.25, 0.3) is 0 Å². The highest BCUT2D eigenvalue weighted by molar-refractivity contribution is 7.48. The van der Waals surface area contributed by atoms with Crippen LogP contribution < -0.4 is 0 Å². The molecule has 0 spiro atoms. The van der Waals surface area contributed by atoms with Crippen LogP contribution in [0.4, 0.5) is 224 Å². The minimum absolute atomic E-state index is 0.535. The Morgan fingerprint density at radius 3 is 0.338 bits per heavy atom. The number of phosphoric acid groups is 1. The van der Waals surface area contributed by atoms with E-state index >= 15 is 0 Å². The number of alkyl halides is 51. The van der Waals surface area contributed by atoms with Crippen LogP contribution in [0, 0.1) is 0 Å². The first-order valence-corrected chi connectivity index (χ1v) is 17.7. The summed E-state index contributed by atoms with van der Waals surface area (Å²) >= 11 is 0. The standard InChI is InChI=1S/C24F51O4P/c25-1(26,7(37,38)13(49,50)19(61,62)63)4(31,32)10(43,44)16(55,56)22(70,71)77-80(76,78-23(72,73)17(57,58)11(45,46)5(33,34)2(27,28)8(39,40)14(51,52)20(64,65)66)79-24(74,75)18(59,60)12(47,48)6(35,36)3(29,30)9(41,42)15(53,54)21(67,68)69. The van der Waals surface area contributed by atoms with Crippen molar-refractivity contribution in [2.24, 2.45) is 0 Å². The second-order valence-corrected chi connectivity index (χ2v) is 15.5. The lowest BCUT2D eigenvalue weighted by molar-refractivity contribution is -0.481. The largest absolute Gasteiger partial charge is 0.489 e. The zero-order valence-electron chi connectivity index (χ0n) is 33.4. The van der Waals surface area contributed by atoms with Gasteiger partial charge in [-0.1, -0.05) is 0 Å². The first kappa shape index (κ1) is 76.5. The minimum Gasteiger partial charge on any atom is -0.227 e. The molecule has 0 aromatic heterocycles. The summed E-state index contributed by atoms with van der Waals surface area (Å²) in [7, 11) is -11.8. The van der Waals surface area contributed by atoms with E-state index < -0.39 is 151 Å². The third-order valence-electron chi connectivity index (χ3n) is 8.76. The molecular formula is C24F51O4P. The molecule has 0 aromatic carbocycles. The molecule has 0 atom stereocenters. The van der Waals surface area contributed by atoms with Crippen LogP contribution in [0.15, 0.2) is 0 Å². The third-order valence-corrected chi connectivity index (χ3v) is 10.1. The second-order valence-electron chi connectivity index (χ2n) is 14.1. The number of phosphoric ester groups is 1. The predicted molar refractivity (Wildman–Crippen MR) is 133 cm³/mol. The fourth-order valence-corrected chi connectivity index (χ4v) is 5.40. The molecule has 0 unspecified atom stereocenters. The van der Waals surface area contributed by atoms with Gasteiger partial charge in [-0.15, -0.1) is 0 Å². The van der Waals surface area contributed by atoms with Crippen molar-refractivity contribution in [3.63, 3.8) is 0 Å². The van der Waals surface area contributed by atoms with Gasteiger partial charge in [0.2, 0.25) is 0 Å². The molecule has 0 amide bonds. The number of hydrogen-bond acceptors (Lipinski definition) is 4. The number of rotatable bonds is 24. The molecule has 56 heteroatoms. The molecule has 0 aromatic rings. The summed E-state index contributed by atoms with van der Waals surface area (Å²) in [4.78, 5) is 0. The lowest BCUT2D eigenvalue weighted by Crippen LogP contribution is -2.75. The fraction of sp³-hybridized carbons (Fsp3) is 1.00. The van der Waals surface area contributed by atoms with Crippen LogP contribution in [0.25, 0.3) is 0 Å². The van der Waals surface area contributed by atoms with Crippen molar-refractivity contribution in [3.8, 4) is 0 Å². The first-order valence-electron chi connectivity index (χ1n) is 16.2. The Kier molecular flexibility index (Phi) is 18.0. The molecule has 4 nitrogen and oxygen atoms in total. The maximum Gasteiger partial charge on any atom is 0.489 e. The summed E-state index contributed by atoms with van der Waals surface area (Å²) in [6.07, 6.45) is -56.9. The predicted octanol–water partition coefficient (Wildman–Crippen LogP) is 17.0. The van der Waals surface area contributed by atoms with E-state index in [0.717, 1.165) is 0 Å². The van der Waals surface area contributed by atoms with Gasteiger partial charge in [-0.2, -0.15) is 224 Å². The van der Waals surface area contributed by atoms with Crippen molar-refractivity contribution >= 4 is 7.82 Å². The average molecular weight is 1350 g/mol. The molecule has 80 heavy (non-hydrogen) atoms. The van der Waals surface area contributed by atoms with Gasteiger partial charge < -0.3 is 0 Å². The highest BCUT2D eigenvalue weighted by Crippen LogP contribution is 2.73. The molecule has 0 fully saturated rings. The maximum absolute atomic E-state index is 14.4. The molecule has 482 valence electrons. The van der Waals surface area contributed by atoms with Crippen molar-refractivity contribution in [2.75, 3.05) is 0 Å². The number of halogens is 51. The zero-order chi connectivity index (χ0) is 66.6. The Morgan fingerprint density at radius 1 is 0.150 bits per heavy atom. The van der Waals surface area contributed by atoms with Gasteiger partial charge in [0.05, 0.1) is 0 Å². The summed E-state index contributed by atoms with van der Waals surface area (Å²) in [6.45, 7) is 0. The van der Waals surface area contributed by atoms with Crippen molar-refractivity contribution in [1.29, 1.82) is 0 Å². The van der Waals surface area contributed by atoms with Gasteiger partial charge in [-0.25, -0.2) is 18.1 Å². The minimum atomic E-state index is -11.8. The topological polar surface area (TPSA) is 44.8 Å². The highest BCUT2D eigenvalue weighted by Gasteiger charge is 3.00. The van der Waals surface area contributed by atoms with E-state index in [0.29, 0.717) is 13.6 Å². The van der Waals surface area contributed by atoms with Gasteiger partial charge >= 0.3 is 151 Å². The van der Waals surface area contributed by atoms with Crippen LogP contribution in [-0.4, -0.2) is 143 Å². The van der Waals surface area contributed by atoms with Gasteiger partial charge in [-0.3, -0.25) is 0 Å². The molecule has 0 aliphatic rings. The molecular weight excluding hydrogens is 1350 g/mol. The van der Waals surface area contributed by atoms with Crippen molar-refractivity contribution in [3.05, 3.63) is 0 Å². The summed E-state index contributed by atoms with van der Waals surface area (Å²) in [5.41, 5.74) is 0. The lowest BCUT2D eigenvalue weighted by Gasteiger charge is -2.44. The van der Waals surface area contributed by atoms with E-state index in [1.807, 2.05) is 0 Å². The quantitative estimate of drug-likeness (QED) is 0.0714. The summed E-state index contributed by atoms with van der Waals surface area (Å²) in [5, 5.41) is 0. The van der Waals surface area contributed by atoms with E-state index in [-0.39, 0.29) is 0 Å². The first-order chi connectivity index (χ1) is 33.4. The molecule has 0 aliphatic carbocycles. The molecule has 0 heterocycles. The monoisotopic (exact) mass is 1350 g/mol. The molecule has 0 saturated heterocycles. The van der Waals surface area contributed by atoms with Gasteiger partial charge in [-0.05, 0) is 0 Å². The lowest BCUT2D eigenvalue weighted by atomic mass is 9.91. The van der Waals surface area contributed by atoms with Crippen molar-refractivity contribution in [1.82, 2.24) is 0 Å².